The first-order chi connectivity index (χ1) is 14.9. The molecular formula is C25H28ClNO4S. The van der Waals surface area contributed by atoms with Gasteiger partial charge in [0.05, 0.1) is 23.5 Å². The van der Waals surface area contributed by atoms with Crippen LogP contribution in [0.25, 0.3) is 0 Å². The van der Waals surface area contributed by atoms with Crippen molar-refractivity contribution < 1.29 is 17.9 Å². The fraction of sp³-hybridized carbons (Fsp3) is 0.240. The molecule has 170 valence electrons. The second-order valence-corrected chi connectivity index (χ2v) is 10.3. The summed E-state index contributed by atoms with van der Waals surface area (Å²) in [5.74, 6) is 0.123. The van der Waals surface area contributed by atoms with Gasteiger partial charge in [-0.15, -0.1) is 0 Å². The summed E-state index contributed by atoms with van der Waals surface area (Å²) < 4.78 is 32.9. The minimum absolute atomic E-state index is 0.0258. The molecule has 0 unspecified atom stereocenters. The van der Waals surface area contributed by atoms with Crippen molar-refractivity contribution >= 4 is 27.4 Å². The van der Waals surface area contributed by atoms with Gasteiger partial charge in [-0.25, -0.2) is 8.42 Å². The lowest BCUT2D eigenvalue weighted by atomic mass is 9.87. The van der Waals surface area contributed by atoms with Crippen molar-refractivity contribution in [3.63, 3.8) is 0 Å². The highest BCUT2D eigenvalue weighted by atomic mass is 35.5. The van der Waals surface area contributed by atoms with Gasteiger partial charge in [0.1, 0.15) is 5.76 Å². The first-order valence-electron chi connectivity index (χ1n) is 9.95. The van der Waals surface area contributed by atoms with E-state index in [4.69, 9.17) is 16.3 Å². The molecule has 2 aromatic rings. The number of methoxy groups -OCH3 is 1. The molecule has 0 spiro atoms. The van der Waals surface area contributed by atoms with E-state index in [2.05, 4.69) is 32.1 Å². The SMILES string of the molecule is C=C(/C=C\C(Cl)=C(/CC(=O)c1ccccc1)OC)NS(=O)(=O)c1ccc(C(C)(C)C)cc1. The van der Waals surface area contributed by atoms with Crippen molar-refractivity contribution in [2.45, 2.75) is 37.5 Å². The number of nitrogens with one attached hydrogen (secondary N) is 1. The number of halogens is 1. The number of ketones is 1. The van der Waals surface area contributed by atoms with Crippen LogP contribution in [0.1, 0.15) is 43.1 Å². The Bertz CT molecular complexity index is 1130. The molecule has 0 saturated heterocycles. The predicted molar refractivity (Wildman–Crippen MR) is 129 cm³/mol. The molecule has 5 nitrogen and oxygen atoms in total. The molecule has 0 fully saturated rings. The van der Waals surface area contributed by atoms with Crippen molar-refractivity contribution in [3.8, 4) is 0 Å². The number of hydrogen-bond donors (Lipinski definition) is 1. The van der Waals surface area contributed by atoms with Crippen LogP contribution in [0.5, 0.6) is 0 Å². The van der Waals surface area contributed by atoms with Crippen molar-refractivity contribution in [2.75, 3.05) is 7.11 Å². The van der Waals surface area contributed by atoms with Gasteiger partial charge >= 0.3 is 0 Å². The molecule has 0 aliphatic heterocycles. The van der Waals surface area contributed by atoms with E-state index in [1.54, 1.807) is 48.5 Å². The zero-order chi connectivity index (χ0) is 23.9. The summed E-state index contributed by atoms with van der Waals surface area (Å²) in [5.41, 5.74) is 1.62. The average molecular weight is 474 g/mol. The van der Waals surface area contributed by atoms with E-state index in [0.717, 1.165) is 5.56 Å². The highest BCUT2D eigenvalue weighted by molar-refractivity contribution is 7.89. The third kappa shape index (κ3) is 7.11. The molecule has 0 radical (unpaired) electrons. The number of hydrogen-bond acceptors (Lipinski definition) is 4. The molecule has 2 rings (SSSR count). The van der Waals surface area contributed by atoms with E-state index in [1.165, 1.54) is 19.3 Å². The minimum atomic E-state index is -3.80. The van der Waals surface area contributed by atoms with E-state index < -0.39 is 10.0 Å². The van der Waals surface area contributed by atoms with E-state index >= 15 is 0 Å². The maximum absolute atomic E-state index is 12.6. The standard InChI is InChI=1S/C25H28ClNO4S/c1-18(27-32(29,30)21-14-12-20(13-15-21)25(2,3)4)11-16-22(26)24(31-5)17-23(28)19-9-7-6-8-10-19/h6-16,27H,1,17H2,2-5H3/b16-11-,24-22-. The Hall–Kier alpha value is -2.83. The van der Waals surface area contributed by atoms with E-state index in [-0.39, 0.29) is 39.0 Å². The lowest BCUT2D eigenvalue weighted by molar-refractivity contribution is 0.0972. The molecule has 0 saturated carbocycles. The van der Waals surface area contributed by atoms with Gasteiger partial charge in [0.15, 0.2) is 5.78 Å². The number of carbonyl (C=O) groups excluding carboxylic acids is 1. The smallest absolute Gasteiger partial charge is 0.261 e. The van der Waals surface area contributed by atoms with Gasteiger partial charge in [0.2, 0.25) is 0 Å². The molecule has 0 heterocycles. The lowest BCUT2D eigenvalue weighted by Gasteiger charge is -2.19. The largest absolute Gasteiger partial charge is 0.499 e. The zero-order valence-corrected chi connectivity index (χ0v) is 20.3. The Balaban J connectivity index is 2.09. The molecule has 0 aliphatic carbocycles. The summed E-state index contributed by atoms with van der Waals surface area (Å²) in [6.45, 7) is 9.89. The van der Waals surface area contributed by atoms with Crippen molar-refractivity contribution in [1.29, 1.82) is 0 Å². The van der Waals surface area contributed by atoms with Crippen LogP contribution in [0.2, 0.25) is 0 Å². The quantitative estimate of drug-likeness (QED) is 0.288. The Morgan fingerprint density at radius 3 is 2.19 bits per heavy atom. The van der Waals surface area contributed by atoms with Crippen LogP contribution in [0, 0.1) is 0 Å². The molecule has 2 aromatic carbocycles. The van der Waals surface area contributed by atoms with Crippen LogP contribution in [0.4, 0.5) is 0 Å². The number of Topliss-reactive ketones (excluding diaryl/α,β-unsaturated/α-hetero) is 1. The van der Waals surface area contributed by atoms with Gasteiger partial charge in [-0.3, -0.25) is 9.52 Å². The molecule has 0 bridgehead atoms. The predicted octanol–water partition coefficient (Wildman–Crippen LogP) is 5.70. The fourth-order valence-corrected chi connectivity index (χ4v) is 4.02. The first-order valence-corrected chi connectivity index (χ1v) is 11.8. The summed E-state index contributed by atoms with van der Waals surface area (Å²) in [6, 6.07) is 15.5. The van der Waals surface area contributed by atoms with Gasteiger partial charge in [-0.2, -0.15) is 0 Å². The topological polar surface area (TPSA) is 72.5 Å². The lowest BCUT2D eigenvalue weighted by Crippen LogP contribution is -2.22. The number of rotatable bonds is 9. The van der Waals surface area contributed by atoms with Crippen LogP contribution in [0.3, 0.4) is 0 Å². The summed E-state index contributed by atoms with van der Waals surface area (Å²) >= 11 is 6.27. The third-order valence-electron chi connectivity index (χ3n) is 4.66. The Morgan fingerprint density at radius 1 is 1.06 bits per heavy atom. The highest BCUT2D eigenvalue weighted by Gasteiger charge is 2.18. The van der Waals surface area contributed by atoms with E-state index in [9.17, 15) is 13.2 Å². The average Bonchev–Trinajstić information content (AvgIpc) is 2.75. The third-order valence-corrected chi connectivity index (χ3v) is 6.42. The van der Waals surface area contributed by atoms with Gasteiger partial charge < -0.3 is 4.74 Å². The van der Waals surface area contributed by atoms with Crippen LogP contribution in [-0.4, -0.2) is 21.3 Å². The van der Waals surface area contributed by atoms with Gasteiger partial charge in [0.25, 0.3) is 10.0 Å². The van der Waals surface area contributed by atoms with Crippen LogP contribution in [0.15, 0.2) is 94.7 Å². The number of sulfonamides is 1. The number of ether oxygens (including phenoxy) is 1. The Kier molecular flexibility index (Phi) is 8.47. The molecule has 7 heteroatoms. The fourth-order valence-electron chi connectivity index (χ4n) is 2.79. The summed E-state index contributed by atoms with van der Waals surface area (Å²) in [6.07, 6.45) is 2.82. The molecule has 1 N–H and O–H groups in total. The van der Waals surface area contributed by atoms with E-state index in [1.807, 2.05) is 6.07 Å². The van der Waals surface area contributed by atoms with Crippen LogP contribution >= 0.6 is 11.6 Å². The van der Waals surface area contributed by atoms with Crippen LogP contribution < -0.4 is 4.72 Å². The minimum Gasteiger partial charge on any atom is -0.499 e. The first kappa shape index (κ1) is 25.4. The maximum Gasteiger partial charge on any atom is 0.261 e. The van der Waals surface area contributed by atoms with Crippen LogP contribution in [-0.2, 0) is 20.2 Å². The van der Waals surface area contributed by atoms with E-state index in [0.29, 0.717) is 5.56 Å². The van der Waals surface area contributed by atoms with Crippen molar-refractivity contribution in [3.05, 3.63) is 101 Å². The second-order valence-electron chi connectivity index (χ2n) is 8.18. The Labute approximate surface area is 195 Å². The molecule has 32 heavy (non-hydrogen) atoms. The second kappa shape index (κ2) is 10.7. The summed E-state index contributed by atoms with van der Waals surface area (Å²) in [7, 11) is -2.38. The molecule has 0 aliphatic rings. The monoisotopic (exact) mass is 473 g/mol. The van der Waals surface area contributed by atoms with Gasteiger partial charge in [0, 0.05) is 11.3 Å². The highest BCUT2D eigenvalue weighted by Crippen LogP contribution is 2.24. The summed E-state index contributed by atoms with van der Waals surface area (Å²) in [4.78, 5) is 12.5. The molecule has 0 aromatic heterocycles. The Morgan fingerprint density at radius 2 is 1.66 bits per heavy atom. The number of benzene rings is 2. The van der Waals surface area contributed by atoms with Crippen molar-refractivity contribution in [2.24, 2.45) is 0 Å². The molecular weight excluding hydrogens is 446 g/mol. The normalized spacial score (nSPS) is 12.9. The maximum atomic E-state index is 12.6. The molecule has 0 atom stereocenters. The molecule has 0 amide bonds. The number of allylic oxidation sites excluding steroid dienone is 4. The number of carbonyl (C=O) groups is 1. The van der Waals surface area contributed by atoms with Gasteiger partial charge in [-0.05, 0) is 35.3 Å². The van der Waals surface area contributed by atoms with Gasteiger partial charge in [-0.1, -0.05) is 81.4 Å². The van der Waals surface area contributed by atoms with Crippen molar-refractivity contribution in [1.82, 2.24) is 4.72 Å². The zero-order valence-electron chi connectivity index (χ0n) is 18.7. The summed E-state index contributed by atoms with van der Waals surface area (Å²) in [5, 5.41) is 0.173.